The highest BCUT2D eigenvalue weighted by Crippen LogP contribution is 2.37. The first-order chi connectivity index (χ1) is 14.2. The minimum atomic E-state index is -1.32. The highest BCUT2D eigenvalue weighted by atomic mass is 79.9. The molecular formula is C19H22BrClFN5O3. The molecule has 0 aliphatic carbocycles. The van der Waals surface area contributed by atoms with Gasteiger partial charge in [-0.2, -0.15) is 9.49 Å². The quantitative estimate of drug-likeness (QED) is 0.495. The van der Waals surface area contributed by atoms with Crippen LogP contribution in [0.3, 0.4) is 0 Å². The Morgan fingerprint density at radius 2 is 2.20 bits per heavy atom. The summed E-state index contributed by atoms with van der Waals surface area (Å²) < 4.78 is 16.5. The lowest BCUT2D eigenvalue weighted by Crippen LogP contribution is -2.69. The van der Waals surface area contributed by atoms with Gasteiger partial charge in [-0.1, -0.05) is 27.5 Å². The first-order valence-electron chi connectivity index (χ1n) is 9.56. The monoisotopic (exact) mass is 501 g/mol. The van der Waals surface area contributed by atoms with Crippen molar-refractivity contribution in [3.63, 3.8) is 0 Å². The van der Waals surface area contributed by atoms with E-state index in [1.165, 1.54) is 7.05 Å². The van der Waals surface area contributed by atoms with Gasteiger partial charge in [-0.05, 0) is 37.6 Å². The molecule has 0 amide bonds. The van der Waals surface area contributed by atoms with E-state index in [1.807, 2.05) is 0 Å². The van der Waals surface area contributed by atoms with Crippen LogP contribution in [-0.4, -0.2) is 56.2 Å². The Kier molecular flexibility index (Phi) is 5.90. The summed E-state index contributed by atoms with van der Waals surface area (Å²) in [6.07, 6.45) is 0.539. The molecule has 2 fully saturated rings. The van der Waals surface area contributed by atoms with Crippen LogP contribution in [0.5, 0.6) is 0 Å². The van der Waals surface area contributed by atoms with Crippen molar-refractivity contribution in [3.05, 3.63) is 49.6 Å². The molecule has 8 nitrogen and oxygen atoms in total. The van der Waals surface area contributed by atoms with Gasteiger partial charge in [0.1, 0.15) is 17.0 Å². The normalized spacial score (nSPS) is 22.0. The number of anilines is 2. The number of hydrogen-bond donors (Lipinski definition) is 4. The van der Waals surface area contributed by atoms with Crippen LogP contribution in [0.2, 0.25) is 5.02 Å². The number of aromatic nitrogens is 2. The molecule has 2 aliphatic heterocycles. The van der Waals surface area contributed by atoms with Crippen molar-refractivity contribution in [2.75, 3.05) is 25.0 Å². The Hall–Kier alpha value is -1.56. The summed E-state index contributed by atoms with van der Waals surface area (Å²) in [6.45, 7) is 1.26. The van der Waals surface area contributed by atoms with E-state index in [9.17, 15) is 19.4 Å². The number of aliphatic hydroxyl groups is 2. The number of aliphatic hydroxyl groups excluding tert-OH is 1. The molecule has 1 aromatic heterocycles. The molecule has 3 heterocycles. The maximum atomic E-state index is 14.9. The molecule has 0 saturated carbocycles. The first kappa shape index (κ1) is 21.7. The third-order valence-corrected chi connectivity index (χ3v) is 6.46. The van der Waals surface area contributed by atoms with Gasteiger partial charge in [-0.25, -0.2) is 4.68 Å². The zero-order valence-electron chi connectivity index (χ0n) is 16.2. The number of likely N-dealkylation sites (tertiary alicyclic amines) is 1. The van der Waals surface area contributed by atoms with Gasteiger partial charge in [0.05, 0.1) is 10.7 Å². The van der Waals surface area contributed by atoms with Crippen LogP contribution >= 0.6 is 27.5 Å². The summed E-state index contributed by atoms with van der Waals surface area (Å²) >= 11 is 9.52. The van der Waals surface area contributed by atoms with E-state index < -0.39 is 23.2 Å². The number of hydrogen-bond acceptors (Lipinski definition) is 7. The molecule has 0 bridgehead atoms. The Morgan fingerprint density at radius 3 is 2.83 bits per heavy atom. The van der Waals surface area contributed by atoms with Gasteiger partial charge < -0.3 is 20.8 Å². The molecule has 2 unspecified atom stereocenters. The van der Waals surface area contributed by atoms with Gasteiger partial charge in [-0.15, -0.1) is 0 Å². The van der Waals surface area contributed by atoms with Gasteiger partial charge >= 0.3 is 5.56 Å². The average molecular weight is 503 g/mol. The number of nitrogens with one attached hydrogen (secondary N) is 2. The highest BCUT2D eigenvalue weighted by Gasteiger charge is 2.50. The molecule has 2 saturated heterocycles. The van der Waals surface area contributed by atoms with E-state index in [1.54, 1.807) is 23.1 Å². The van der Waals surface area contributed by atoms with Crippen LogP contribution < -0.4 is 16.2 Å². The lowest BCUT2D eigenvalue weighted by atomic mass is 9.84. The number of halogens is 3. The third-order valence-electron chi connectivity index (χ3n) is 5.66. The maximum Gasteiger partial charge on any atom is 0.304 e. The van der Waals surface area contributed by atoms with E-state index in [-0.39, 0.29) is 30.5 Å². The topological polar surface area (TPSA) is 103 Å². The zero-order chi connectivity index (χ0) is 21.6. The van der Waals surface area contributed by atoms with Crippen molar-refractivity contribution < 1.29 is 14.6 Å². The molecule has 2 atom stereocenters. The number of aryl methyl sites for hydroxylation is 1. The summed E-state index contributed by atoms with van der Waals surface area (Å²) in [4.78, 5) is 13.7. The van der Waals surface area contributed by atoms with Crippen LogP contribution in [0.1, 0.15) is 24.8 Å². The fraction of sp³-hybridized carbons (Fsp3) is 0.474. The van der Waals surface area contributed by atoms with E-state index in [0.29, 0.717) is 10.7 Å². The molecule has 2 aromatic rings. The lowest BCUT2D eigenvalue weighted by Gasteiger charge is -2.51. The van der Waals surface area contributed by atoms with E-state index in [2.05, 4.69) is 31.7 Å². The second-order valence-corrected chi connectivity index (χ2v) is 9.11. The van der Waals surface area contributed by atoms with Crippen molar-refractivity contribution in [2.24, 2.45) is 7.05 Å². The Balaban J connectivity index is 1.63. The maximum absolute atomic E-state index is 14.9. The standard InChI is InChI=1S/C19H22BrClFN5O3/c1-26-17(28)14(22)15(24-12-5-4-10(20)7-11(12)21)16(25-26)18(29)27-8-19(30,9-27)13-3-2-6-23-13/h4-5,7,13,18,23-24,29-30H,2-3,6,8-9H2,1H3. The summed E-state index contributed by atoms with van der Waals surface area (Å²) in [5.74, 6) is -1.08. The summed E-state index contributed by atoms with van der Waals surface area (Å²) in [5, 5.41) is 32.1. The second kappa shape index (κ2) is 8.18. The van der Waals surface area contributed by atoms with Crippen LogP contribution in [0.4, 0.5) is 15.8 Å². The molecular weight excluding hydrogens is 481 g/mol. The van der Waals surface area contributed by atoms with Gasteiger partial charge in [0.25, 0.3) is 0 Å². The smallest absolute Gasteiger partial charge is 0.304 e. The van der Waals surface area contributed by atoms with Crippen LogP contribution in [-0.2, 0) is 7.05 Å². The number of rotatable bonds is 5. The molecule has 11 heteroatoms. The molecule has 30 heavy (non-hydrogen) atoms. The third kappa shape index (κ3) is 3.88. The summed E-state index contributed by atoms with van der Waals surface area (Å²) in [6, 6.07) is 4.91. The fourth-order valence-corrected chi connectivity index (χ4v) is 4.73. The SMILES string of the molecule is Cn1nc(C(O)N2CC(O)(C3CCCN3)C2)c(Nc2ccc(Br)cc2Cl)c(F)c1=O. The van der Waals surface area contributed by atoms with Gasteiger partial charge in [-0.3, -0.25) is 9.69 Å². The molecule has 0 spiro atoms. The van der Waals surface area contributed by atoms with Crippen LogP contribution in [0.15, 0.2) is 27.5 Å². The molecule has 4 N–H and O–H groups in total. The summed E-state index contributed by atoms with van der Waals surface area (Å²) in [5.41, 5.74) is -1.84. The van der Waals surface area contributed by atoms with Crippen LogP contribution in [0.25, 0.3) is 0 Å². The Bertz CT molecular complexity index is 1020. The number of nitrogens with zero attached hydrogens (tertiary/aromatic N) is 3. The van der Waals surface area contributed by atoms with Gasteiger partial charge in [0, 0.05) is 30.7 Å². The molecule has 4 rings (SSSR count). The van der Waals surface area contributed by atoms with Crippen molar-refractivity contribution in [3.8, 4) is 0 Å². The highest BCUT2D eigenvalue weighted by molar-refractivity contribution is 9.10. The van der Waals surface area contributed by atoms with Crippen molar-refractivity contribution >= 4 is 38.9 Å². The van der Waals surface area contributed by atoms with Crippen molar-refractivity contribution in [2.45, 2.75) is 30.7 Å². The number of β-amino-alcohol motifs (C(OH)–C–C–N with tert-alkyl or cyclic N) is 1. The van der Waals surface area contributed by atoms with E-state index in [0.717, 1.165) is 28.5 Å². The zero-order valence-corrected chi connectivity index (χ0v) is 18.5. The van der Waals surface area contributed by atoms with Crippen LogP contribution in [0, 0.1) is 5.82 Å². The molecule has 1 aromatic carbocycles. The van der Waals surface area contributed by atoms with Gasteiger partial charge in [0.2, 0.25) is 5.82 Å². The van der Waals surface area contributed by atoms with Gasteiger partial charge in [0.15, 0.2) is 6.23 Å². The molecule has 2 aliphatic rings. The first-order valence-corrected chi connectivity index (χ1v) is 10.7. The predicted octanol–water partition coefficient (Wildman–Crippen LogP) is 1.87. The molecule has 162 valence electrons. The van der Waals surface area contributed by atoms with Crippen molar-refractivity contribution in [1.29, 1.82) is 0 Å². The molecule has 0 radical (unpaired) electrons. The second-order valence-electron chi connectivity index (χ2n) is 7.78. The Morgan fingerprint density at radius 1 is 1.47 bits per heavy atom. The average Bonchev–Trinajstić information content (AvgIpc) is 3.22. The van der Waals surface area contributed by atoms with Crippen molar-refractivity contribution in [1.82, 2.24) is 20.0 Å². The van der Waals surface area contributed by atoms with E-state index >= 15 is 0 Å². The minimum Gasteiger partial charge on any atom is -0.386 e. The predicted molar refractivity (Wildman–Crippen MR) is 114 cm³/mol. The largest absolute Gasteiger partial charge is 0.386 e. The lowest BCUT2D eigenvalue weighted by molar-refractivity contribution is -0.175. The van der Waals surface area contributed by atoms with E-state index in [4.69, 9.17) is 11.6 Å². The summed E-state index contributed by atoms with van der Waals surface area (Å²) in [7, 11) is 1.31. The fourth-order valence-electron chi connectivity index (χ4n) is 4.01. The minimum absolute atomic E-state index is 0.0371. The Labute approximate surface area is 185 Å². The number of benzene rings is 1.